The molecule has 2 aliphatic carbocycles. The fraction of sp³-hybridized carbons (Fsp3) is 0.538. The van der Waals surface area contributed by atoms with Crippen LogP contribution in [0.15, 0.2) is 18.2 Å². The van der Waals surface area contributed by atoms with Gasteiger partial charge in [-0.25, -0.2) is 0 Å². The van der Waals surface area contributed by atoms with Crippen molar-refractivity contribution in [3.05, 3.63) is 29.3 Å². The van der Waals surface area contributed by atoms with Crippen molar-refractivity contribution in [1.82, 2.24) is 0 Å². The van der Waals surface area contributed by atoms with Gasteiger partial charge in [0.15, 0.2) is 0 Å². The van der Waals surface area contributed by atoms with Gasteiger partial charge in [0.25, 0.3) is 0 Å². The molecule has 0 bridgehead atoms. The Balaban J connectivity index is 2.18. The Morgan fingerprint density at radius 1 is 1.33 bits per heavy atom. The highest BCUT2D eigenvalue weighted by molar-refractivity contribution is 5.49. The third-order valence-electron chi connectivity index (χ3n) is 4.31. The van der Waals surface area contributed by atoms with Crippen molar-refractivity contribution in [3.63, 3.8) is 0 Å². The van der Waals surface area contributed by atoms with Crippen molar-refractivity contribution in [3.8, 4) is 5.75 Å². The van der Waals surface area contributed by atoms with Crippen molar-refractivity contribution in [2.45, 2.75) is 43.6 Å². The molecule has 3 rings (SSSR count). The van der Waals surface area contributed by atoms with E-state index in [-0.39, 0.29) is 11.5 Å². The number of fused-ring (bicyclic) bond motifs is 2. The highest BCUT2D eigenvalue weighted by atomic mass is 16.3. The van der Waals surface area contributed by atoms with Crippen molar-refractivity contribution >= 4 is 0 Å². The smallest absolute Gasteiger partial charge is 0.119 e. The molecule has 1 aromatic rings. The highest BCUT2D eigenvalue weighted by Crippen LogP contribution is 2.53. The van der Waals surface area contributed by atoms with E-state index in [1.54, 1.807) is 6.07 Å². The van der Waals surface area contributed by atoms with E-state index in [4.69, 9.17) is 5.73 Å². The number of aromatic hydroxyl groups is 1. The Bertz CT molecular complexity index is 396. The summed E-state index contributed by atoms with van der Waals surface area (Å²) in [6, 6.07) is 6.13. The number of hydrogen-bond donors (Lipinski definition) is 2. The molecule has 1 unspecified atom stereocenters. The molecule has 1 atom stereocenters. The van der Waals surface area contributed by atoms with Crippen LogP contribution in [0.1, 0.15) is 36.8 Å². The number of phenols is 1. The van der Waals surface area contributed by atoms with Crippen LogP contribution in [-0.2, 0) is 11.8 Å². The van der Waals surface area contributed by atoms with Gasteiger partial charge in [0.1, 0.15) is 5.75 Å². The molecule has 1 saturated carbocycles. The Labute approximate surface area is 90.1 Å². The van der Waals surface area contributed by atoms with Crippen LogP contribution in [0, 0.1) is 0 Å². The number of aryl methyl sites for hydroxylation is 1. The maximum Gasteiger partial charge on any atom is 0.119 e. The fourth-order valence-electron chi connectivity index (χ4n) is 3.32. The molecule has 0 saturated heterocycles. The topological polar surface area (TPSA) is 46.2 Å². The number of rotatable bonds is 0. The van der Waals surface area contributed by atoms with E-state index in [1.165, 1.54) is 12.0 Å². The van der Waals surface area contributed by atoms with Crippen molar-refractivity contribution in [1.29, 1.82) is 0 Å². The molecule has 0 amide bonds. The summed E-state index contributed by atoms with van der Waals surface area (Å²) in [4.78, 5) is 0. The number of hydrogen-bond acceptors (Lipinski definition) is 2. The second-order valence-electron chi connectivity index (χ2n) is 4.97. The molecule has 2 heteroatoms. The van der Waals surface area contributed by atoms with Gasteiger partial charge >= 0.3 is 0 Å². The van der Waals surface area contributed by atoms with Gasteiger partial charge in [0.2, 0.25) is 0 Å². The summed E-state index contributed by atoms with van der Waals surface area (Å²) in [6.45, 7) is 0. The third kappa shape index (κ3) is 1.08. The minimum atomic E-state index is 0.110. The van der Waals surface area contributed by atoms with E-state index in [2.05, 4.69) is 6.07 Å². The summed E-state index contributed by atoms with van der Waals surface area (Å²) in [5.41, 5.74) is 8.84. The van der Waals surface area contributed by atoms with Crippen LogP contribution >= 0.6 is 0 Å². The standard InChI is InChI=1S/C13H17NO/c14-11-6-5-9-3-1-4-10(15)12(9)13(11)7-2-8-13/h1,3-4,11,15H,2,5-8,14H2. The number of benzene rings is 1. The van der Waals surface area contributed by atoms with Gasteiger partial charge in [-0.05, 0) is 37.3 Å². The number of nitrogens with two attached hydrogens (primary N) is 1. The van der Waals surface area contributed by atoms with Crippen molar-refractivity contribution < 1.29 is 5.11 Å². The first kappa shape index (κ1) is 9.22. The summed E-state index contributed by atoms with van der Waals surface area (Å²) in [5, 5.41) is 10.0. The predicted octanol–water partition coefficient (Wildman–Crippen LogP) is 2.09. The van der Waals surface area contributed by atoms with E-state index in [1.807, 2.05) is 6.07 Å². The lowest BCUT2D eigenvalue weighted by Crippen LogP contribution is -2.53. The van der Waals surface area contributed by atoms with Crippen molar-refractivity contribution in [2.75, 3.05) is 0 Å². The summed E-state index contributed by atoms with van der Waals surface area (Å²) in [6.07, 6.45) is 5.64. The van der Waals surface area contributed by atoms with Crippen LogP contribution in [0.5, 0.6) is 5.75 Å². The maximum absolute atomic E-state index is 10.0. The van der Waals surface area contributed by atoms with Gasteiger partial charge < -0.3 is 10.8 Å². The van der Waals surface area contributed by atoms with Crippen molar-refractivity contribution in [2.24, 2.45) is 5.73 Å². The van der Waals surface area contributed by atoms with Crippen LogP contribution in [0.4, 0.5) is 0 Å². The van der Waals surface area contributed by atoms with Gasteiger partial charge in [-0.3, -0.25) is 0 Å². The molecule has 1 aromatic carbocycles. The van der Waals surface area contributed by atoms with Gasteiger partial charge in [0, 0.05) is 17.0 Å². The molecule has 3 N–H and O–H groups in total. The number of phenolic OH excluding ortho intramolecular Hbond substituents is 1. The summed E-state index contributed by atoms with van der Waals surface area (Å²) >= 11 is 0. The molecular formula is C13H17NO. The Kier molecular flexibility index (Phi) is 1.84. The first-order chi connectivity index (χ1) is 7.24. The Hall–Kier alpha value is -1.02. The molecule has 15 heavy (non-hydrogen) atoms. The van der Waals surface area contributed by atoms with E-state index < -0.39 is 0 Å². The van der Waals surface area contributed by atoms with E-state index >= 15 is 0 Å². The highest BCUT2D eigenvalue weighted by Gasteiger charge is 2.48. The second-order valence-corrected chi connectivity index (χ2v) is 4.97. The average Bonchev–Trinajstić information content (AvgIpc) is 2.16. The Morgan fingerprint density at radius 2 is 2.13 bits per heavy atom. The normalized spacial score (nSPS) is 27.1. The zero-order valence-electron chi connectivity index (χ0n) is 8.87. The molecule has 0 aromatic heterocycles. The molecule has 2 aliphatic rings. The van der Waals surface area contributed by atoms with Crippen LogP contribution in [-0.4, -0.2) is 11.1 Å². The lowest BCUT2D eigenvalue weighted by atomic mass is 9.56. The predicted molar refractivity (Wildman–Crippen MR) is 59.9 cm³/mol. The second kappa shape index (κ2) is 2.99. The molecule has 0 aliphatic heterocycles. The summed E-state index contributed by atoms with van der Waals surface area (Å²) < 4.78 is 0. The quantitative estimate of drug-likeness (QED) is 0.678. The Morgan fingerprint density at radius 3 is 2.80 bits per heavy atom. The minimum absolute atomic E-state index is 0.110. The van der Waals surface area contributed by atoms with Crippen LogP contribution in [0.2, 0.25) is 0 Å². The minimum Gasteiger partial charge on any atom is -0.508 e. The lowest BCUT2D eigenvalue weighted by Gasteiger charge is -2.50. The molecule has 0 radical (unpaired) electrons. The first-order valence-electron chi connectivity index (χ1n) is 5.81. The van der Waals surface area contributed by atoms with Gasteiger partial charge in [0.05, 0.1) is 0 Å². The SMILES string of the molecule is NC1CCc2cccc(O)c2C12CCC2. The molecular weight excluding hydrogens is 186 g/mol. The van der Waals surface area contributed by atoms with Gasteiger partial charge in [-0.15, -0.1) is 0 Å². The molecule has 1 spiro atoms. The molecule has 0 heterocycles. The fourth-order valence-corrected chi connectivity index (χ4v) is 3.32. The zero-order valence-corrected chi connectivity index (χ0v) is 8.87. The third-order valence-corrected chi connectivity index (χ3v) is 4.31. The lowest BCUT2D eigenvalue weighted by molar-refractivity contribution is 0.171. The largest absolute Gasteiger partial charge is 0.508 e. The van der Waals surface area contributed by atoms with Gasteiger partial charge in [-0.1, -0.05) is 18.6 Å². The van der Waals surface area contributed by atoms with Crippen LogP contribution in [0.3, 0.4) is 0 Å². The van der Waals surface area contributed by atoms with E-state index in [0.29, 0.717) is 5.75 Å². The van der Waals surface area contributed by atoms with E-state index in [9.17, 15) is 5.11 Å². The van der Waals surface area contributed by atoms with Gasteiger partial charge in [-0.2, -0.15) is 0 Å². The zero-order chi connectivity index (χ0) is 10.5. The average molecular weight is 203 g/mol. The summed E-state index contributed by atoms with van der Waals surface area (Å²) in [7, 11) is 0. The summed E-state index contributed by atoms with van der Waals surface area (Å²) in [5.74, 6) is 0.461. The first-order valence-corrected chi connectivity index (χ1v) is 5.81. The van der Waals surface area contributed by atoms with Crippen LogP contribution in [0.25, 0.3) is 0 Å². The molecule has 80 valence electrons. The maximum atomic E-state index is 10.0. The van der Waals surface area contributed by atoms with Crippen LogP contribution < -0.4 is 5.73 Å². The monoisotopic (exact) mass is 203 g/mol. The molecule has 2 nitrogen and oxygen atoms in total. The van der Waals surface area contributed by atoms with E-state index in [0.717, 1.165) is 31.2 Å². The molecule has 1 fully saturated rings.